The summed E-state index contributed by atoms with van der Waals surface area (Å²) in [6, 6.07) is 7.40. The van der Waals surface area contributed by atoms with E-state index in [4.69, 9.17) is 21.0 Å². The van der Waals surface area contributed by atoms with Crippen molar-refractivity contribution >= 4 is 11.9 Å². The first-order valence-electron chi connectivity index (χ1n) is 5.58. The summed E-state index contributed by atoms with van der Waals surface area (Å²) >= 11 is 0. The first-order valence-corrected chi connectivity index (χ1v) is 5.58. The van der Waals surface area contributed by atoms with Crippen LogP contribution in [0.5, 0.6) is 0 Å². The van der Waals surface area contributed by atoms with Crippen molar-refractivity contribution in [3.8, 4) is 24.3 Å². The van der Waals surface area contributed by atoms with Gasteiger partial charge in [0.1, 0.15) is 24.3 Å². The maximum absolute atomic E-state index is 8.99. The molecular weight excluding hydrogens is 270 g/mol. The van der Waals surface area contributed by atoms with Crippen LogP contribution in [0, 0.1) is 45.3 Å². The topological polar surface area (TPSA) is 143 Å². The molecule has 0 bridgehead atoms. The molecule has 0 aliphatic heterocycles. The van der Waals surface area contributed by atoms with Gasteiger partial charge < -0.3 is 9.13 Å². The summed E-state index contributed by atoms with van der Waals surface area (Å²) in [6.45, 7) is 0. The SMILES string of the molecule is Cn1c(Nc2nc(C#N)c(C#N)n2C)nc(C#N)c1C#N. The molecule has 0 saturated heterocycles. The third-order valence-electron chi connectivity index (χ3n) is 2.84. The number of hydrogen-bond acceptors (Lipinski definition) is 7. The van der Waals surface area contributed by atoms with Gasteiger partial charge in [-0.25, -0.2) is 9.97 Å². The van der Waals surface area contributed by atoms with Crippen molar-refractivity contribution in [1.29, 1.82) is 21.0 Å². The Morgan fingerprint density at radius 3 is 1.38 bits per heavy atom. The number of hydrogen-bond donors (Lipinski definition) is 1. The third kappa shape index (κ3) is 2.02. The van der Waals surface area contributed by atoms with Crippen LogP contribution in [-0.2, 0) is 14.1 Å². The van der Waals surface area contributed by atoms with Crippen molar-refractivity contribution in [2.45, 2.75) is 0 Å². The van der Waals surface area contributed by atoms with Gasteiger partial charge >= 0.3 is 0 Å². The first kappa shape index (κ1) is 13.6. The van der Waals surface area contributed by atoms with E-state index in [1.54, 1.807) is 14.1 Å². The normalized spacial score (nSPS) is 9.24. The van der Waals surface area contributed by atoms with Gasteiger partial charge in [-0.2, -0.15) is 21.0 Å². The number of nitrogens with zero attached hydrogens (tertiary/aromatic N) is 8. The summed E-state index contributed by atoms with van der Waals surface area (Å²) in [5, 5.41) is 38.6. The Bertz CT molecular complexity index is 812. The van der Waals surface area contributed by atoms with E-state index >= 15 is 0 Å². The molecule has 2 aromatic rings. The number of imidazole rings is 2. The van der Waals surface area contributed by atoms with Gasteiger partial charge in [0.25, 0.3) is 0 Å². The molecule has 0 amide bonds. The van der Waals surface area contributed by atoms with Crippen LogP contribution in [0.15, 0.2) is 0 Å². The van der Waals surface area contributed by atoms with E-state index in [-0.39, 0.29) is 34.7 Å². The monoisotopic (exact) mass is 277 g/mol. The smallest absolute Gasteiger partial charge is 0.211 e. The summed E-state index contributed by atoms with van der Waals surface area (Å²) in [5.41, 5.74) is 0.181. The predicted octanol–water partition coefficient (Wildman–Crippen LogP) is 0.384. The molecule has 2 heterocycles. The van der Waals surface area contributed by atoms with Gasteiger partial charge in [0.05, 0.1) is 0 Å². The van der Waals surface area contributed by atoms with Crippen molar-refractivity contribution < 1.29 is 0 Å². The fraction of sp³-hybridized carbons (Fsp3) is 0.167. The highest BCUT2D eigenvalue weighted by atomic mass is 15.3. The second-order valence-corrected chi connectivity index (χ2v) is 3.96. The van der Waals surface area contributed by atoms with E-state index in [1.807, 2.05) is 24.3 Å². The largest absolute Gasteiger partial charge is 0.304 e. The highest BCUT2D eigenvalue weighted by molar-refractivity contribution is 5.54. The Hall–Kier alpha value is -3.82. The quantitative estimate of drug-likeness (QED) is 0.835. The van der Waals surface area contributed by atoms with Gasteiger partial charge in [-0.1, -0.05) is 0 Å². The van der Waals surface area contributed by atoms with Crippen LogP contribution in [0.4, 0.5) is 11.9 Å². The maximum Gasteiger partial charge on any atom is 0.211 e. The lowest BCUT2D eigenvalue weighted by atomic mass is 10.4. The zero-order chi connectivity index (χ0) is 15.6. The van der Waals surface area contributed by atoms with E-state index in [0.717, 1.165) is 0 Å². The zero-order valence-electron chi connectivity index (χ0n) is 11.1. The van der Waals surface area contributed by atoms with Crippen LogP contribution in [-0.4, -0.2) is 19.1 Å². The minimum atomic E-state index is -0.0160. The standard InChI is InChI=1S/C12H7N9/c1-20-9(5-15)7(3-13)17-11(20)19-12-18-8(4-14)10(6-16)21(12)2/h1-2H3,(H,17,18,19). The lowest BCUT2D eigenvalue weighted by Gasteiger charge is -2.05. The number of nitriles is 4. The number of rotatable bonds is 2. The van der Waals surface area contributed by atoms with E-state index < -0.39 is 0 Å². The van der Waals surface area contributed by atoms with Crippen molar-refractivity contribution in [3.05, 3.63) is 22.8 Å². The molecule has 0 aliphatic carbocycles. The fourth-order valence-electron chi connectivity index (χ4n) is 1.73. The molecule has 9 nitrogen and oxygen atoms in total. The van der Waals surface area contributed by atoms with Crippen molar-refractivity contribution in [1.82, 2.24) is 19.1 Å². The molecule has 0 aliphatic rings. The Morgan fingerprint density at radius 1 is 0.762 bits per heavy atom. The highest BCUT2D eigenvalue weighted by Gasteiger charge is 2.18. The number of anilines is 2. The molecule has 0 aromatic carbocycles. The van der Waals surface area contributed by atoms with Crippen LogP contribution in [0.1, 0.15) is 22.8 Å². The second-order valence-electron chi connectivity index (χ2n) is 3.96. The summed E-state index contributed by atoms with van der Waals surface area (Å²) in [7, 11) is 3.13. The zero-order valence-corrected chi connectivity index (χ0v) is 11.1. The molecule has 100 valence electrons. The molecule has 21 heavy (non-hydrogen) atoms. The summed E-state index contributed by atoms with van der Waals surface area (Å²) in [4.78, 5) is 7.95. The Kier molecular flexibility index (Phi) is 3.27. The van der Waals surface area contributed by atoms with Crippen LogP contribution < -0.4 is 5.32 Å². The van der Waals surface area contributed by atoms with Crippen molar-refractivity contribution in [2.24, 2.45) is 14.1 Å². The van der Waals surface area contributed by atoms with Gasteiger partial charge in [0.15, 0.2) is 22.8 Å². The van der Waals surface area contributed by atoms with E-state index in [0.29, 0.717) is 0 Å². The van der Waals surface area contributed by atoms with Gasteiger partial charge in [0.2, 0.25) is 11.9 Å². The predicted molar refractivity (Wildman–Crippen MR) is 68.6 cm³/mol. The third-order valence-corrected chi connectivity index (χ3v) is 2.84. The van der Waals surface area contributed by atoms with Gasteiger partial charge in [0, 0.05) is 14.1 Å². The number of nitrogens with one attached hydrogen (secondary N) is 1. The van der Waals surface area contributed by atoms with Crippen molar-refractivity contribution in [3.63, 3.8) is 0 Å². The van der Waals surface area contributed by atoms with E-state index in [9.17, 15) is 0 Å². The average Bonchev–Trinajstić information content (AvgIpc) is 2.96. The maximum atomic E-state index is 8.99. The lowest BCUT2D eigenvalue weighted by Crippen LogP contribution is -2.05. The lowest BCUT2D eigenvalue weighted by molar-refractivity contribution is 0.874. The van der Waals surface area contributed by atoms with Gasteiger partial charge in [-0.15, -0.1) is 0 Å². The molecule has 0 fully saturated rings. The number of aromatic nitrogens is 4. The molecule has 2 aromatic heterocycles. The van der Waals surface area contributed by atoms with Gasteiger partial charge in [-0.05, 0) is 0 Å². The fourth-order valence-corrected chi connectivity index (χ4v) is 1.73. The molecule has 0 radical (unpaired) electrons. The van der Waals surface area contributed by atoms with Crippen LogP contribution in [0.2, 0.25) is 0 Å². The Morgan fingerprint density at radius 2 is 1.14 bits per heavy atom. The van der Waals surface area contributed by atoms with Crippen LogP contribution >= 0.6 is 0 Å². The minimum Gasteiger partial charge on any atom is -0.304 e. The Balaban J connectivity index is 2.51. The molecule has 2 rings (SSSR count). The van der Waals surface area contributed by atoms with Crippen LogP contribution in [0.3, 0.4) is 0 Å². The molecular formula is C12H7N9. The van der Waals surface area contributed by atoms with Crippen LogP contribution in [0.25, 0.3) is 0 Å². The molecule has 1 N–H and O–H groups in total. The molecule has 0 saturated carbocycles. The van der Waals surface area contributed by atoms with E-state index in [1.165, 1.54) is 9.13 Å². The molecule has 9 heteroatoms. The minimum absolute atomic E-state index is 0.0160. The Labute approximate surface area is 119 Å². The summed E-state index contributed by atoms with van der Waals surface area (Å²) in [5.74, 6) is 0.426. The second kappa shape index (κ2) is 5.05. The molecule has 0 unspecified atom stereocenters. The average molecular weight is 277 g/mol. The van der Waals surface area contributed by atoms with Crippen molar-refractivity contribution in [2.75, 3.05) is 5.32 Å². The van der Waals surface area contributed by atoms with E-state index in [2.05, 4.69) is 15.3 Å². The van der Waals surface area contributed by atoms with Gasteiger partial charge in [-0.3, -0.25) is 5.32 Å². The summed E-state index contributed by atoms with van der Waals surface area (Å²) < 4.78 is 2.79. The summed E-state index contributed by atoms with van der Waals surface area (Å²) in [6.07, 6.45) is 0. The molecule has 0 atom stereocenters. The first-order chi connectivity index (χ1) is 10.1. The highest BCUT2D eigenvalue weighted by Crippen LogP contribution is 2.19. The molecule has 0 spiro atoms.